The summed E-state index contributed by atoms with van der Waals surface area (Å²) < 4.78 is 32.2. The van der Waals surface area contributed by atoms with Gasteiger partial charge in [0.15, 0.2) is 0 Å². The lowest BCUT2D eigenvalue weighted by Crippen LogP contribution is -2.29. The molecule has 1 amide bonds. The molecule has 0 aliphatic carbocycles. The average Bonchev–Trinajstić information content (AvgIpc) is 2.98. The Balaban J connectivity index is 1.40. The summed E-state index contributed by atoms with van der Waals surface area (Å²) in [5.41, 5.74) is 1.30. The number of rotatable bonds is 7. The van der Waals surface area contributed by atoms with Gasteiger partial charge < -0.3 is 10.1 Å². The Morgan fingerprint density at radius 3 is 2.56 bits per heavy atom. The smallest absolute Gasteiger partial charge is 0.338 e. The van der Waals surface area contributed by atoms with Gasteiger partial charge in [0.05, 0.1) is 33.5 Å². The molecule has 166 valence electrons. The van der Waals surface area contributed by atoms with Crippen LogP contribution in [0.2, 0.25) is 5.02 Å². The molecule has 7 nitrogen and oxygen atoms in total. The maximum atomic E-state index is 13.0. The first-order valence-electron chi connectivity index (χ1n) is 10.1. The lowest BCUT2D eigenvalue weighted by molar-refractivity contribution is -0.116. The lowest BCUT2D eigenvalue weighted by Gasteiger charge is -2.18. The number of benzene rings is 3. The van der Waals surface area contributed by atoms with E-state index in [1.54, 1.807) is 25.1 Å². The number of carbonyl (C=O) groups is 2. The van der Waals surface area contributed by atoms with E-state index in [-0.39, 0.29) is 30.5 Å². The van der Waals surface area contributed by atoms with Crippen LogP contribution in [0.25, 0.3) is 10.8 Å². The predicted molar refractivity (Wildman–Crippen MR) is 124 cm³/mol. The normalized spacial score (nSPS) is 13.9. The molecule has 0 spiro atoms. The first kappa shape index (κ1) is 22.1. The number of ether oxygens (including phenoxy) is 1. The molecule has 0 fully saturated rings. The Hall–Kier alpha value is -3.10. The van der Waals surface area contributed by atoms with Crippen LogP contribution in [0.5, 0.6) is 0 Å². The second-order valence-electron chi connectivity index (χ2n) is 7.28. The second-order valence-corrected chi connectivity index (χ2v) is 9.51. The van der Waals surface area contributed by atoms with Crippen molar-refractivity contribution in [3.8, 4) is 0 Å². The minimum atomic E-state index is -3.64. The highest BCUT2D eigenvalue weighted by molar-refractivity contribution is 7.93. The summed E-state index contributed by atoms with van der Waals surface area (Å²) >= 11 is 6.18. The molecule has 0 radical (unpaired) electrons. The number of nitrogens with one attached hydrogen (secondary N) is 1. The van der Waals surface area contributed by atoms with Gasteiger partial charge in [-0.15, -0.1) is 0 Å². The summed E-state index contributed by atoms with van der Waals surface area (Å²) in [6, 6.07) is 15.2. The van der Waals surface area contributed by atoms with E-state index in [0.29, 0.717) is 33.6 Å². The first-order valence-corrected chi connectivity index (χ1v) is 12.0. The standard InChI is InChI=1S/C23H21ClN2O5S/c1-2-31-23(28)16-11-12-18(17(24)14-16)25-21(27)10-5-13-26-19-8-3-6-15-7-4-9-20(22(15)19)32(26,29)30/h3-4,6-9,11-12,14H,2,5,10,13H2,1H3,(H,25,27). The molecule has 3 aromatic carbocycles. The van der Waals surface area contributed by atoms with Gasteiger partial charge in [-0.05, 0) is 49.1 Å². The number of nitrogens with zero attached hydrogens (tertiary/aromatic N) is 1. The highest BCUT2D eigenvalue weighted by Gasteiger charge is 2.35. The van der Waals surface area contributed by atoms with E-state index in [1.165, 1.54) is 22.5 Å². The molecule has 0 aromatic heterocycles. The molecule has 1 aliphatic rings. The zero-order chi connectivity index (χ0) is 22.9. The monoisotopic (exact) mass is 472 g/mol. The number of anilines is 2. The number of esters is 1. The number of hydrogen-bond donors (Lipinski definition) is 1. The molecule has 1 heterocycles. The van der Waals surface area contributed by atoms with Crippen molar-refractivity contribution in [1.29, 1.82) is 0 Å². The van der Waals surface area contributed by atoms with E-state index >= 15 is 0 Å². The van der Waals surface area contributed by atoms with Crippen molar-refractivity contribution in [3.63, 3.8) is 0 Å². The molecule has 1 aliphatic heterocycles. The third-order valence-electron chi connectivity index (χ3n) is 5.20. The van der Waals surface area contributed by atoms with Gasteiger partial charge in [-0.25, -0.2) is 13.2 Å². The van der Waals surface area contributed by atoms with Gasteiger partial charge in [-0.2, -0.15) is 0 Å². The van der Waals surface area contributed by atoms with Crippen LogP contribution in [-0.2, 0) is 19.6 Å². The highest BCUT2D eigenvalue weighted by Crippen LogP contribution is 2.42. The zero-order valence-electron chi connectivity index (χ0n) is 17.3. The quantitative estimate of drug-likeness (QED) is 0.507. The molecule has 0 atom stereocenters. The van der Waals surface area contributed by atoms with E-state index in [4.69, 9.17) is 16.3 Å². The molecule has 0 bridgehead atoms. The maximum absolute atomic E-state index is 13.0. The van der Waals surface area contributed by atoms with Gasteiger partial charge in [0.25, 0.3) is 10.0 Å². The molecule has 32 heavy (non-hydrogen) atoms. The lowest BCUT2D eigenvalue weighted by atomic mass is 10.1. The van der Waals surface area contributed by atoms with E-state index in [1.807, 2.05) is 18.2 Å². The Morgan fingerprint density at radius 1 is 1.09 bits per heavy atom. The molecule has 1 N–H and O–H groups in total. The van der Waals surface area contributed by atoms with Gasteiger partial charge in [-0.3, -0.25) is 9.10 Å². The minimum Gasteiger partial charge on any atom is -0.462 e. The van der Waals surface area contributed by atoms with Crippen molar-refractivity contribution < 1.29 is 22.7 Å². The molecule has 0 unspecified atom stereocenters. The fraction of sp³-hybridized carbons (Fsp3) is 0.217. The van der Waals surface area contributed by atoms with Crippen LogP contribution >= 0.6 is 11.6 Å². The number of hydrogen-bond acceptors (Lipinski definition) is 5. The molecule has 0 saturated heterocycles. The Morgan fingerprint density at radius 2 is 1.84 bits per heavy atom. The Bertz CT molecular complexity index is 1320. The van der Waals surface area contributed by atoms with Crippen LogP contribution in [0.4, 0.5) is 11.4 Å². The van der Waals surface area contributed by atoms with Crippen molar-refractivity contribution in [2.75, 3.05) is 22.8 Å². The third-order valence-corrected chi connectivity index (χ3v) is 7.37. The fourth-order valence-electron chi connectivity index (χ4n) is 3.75. The van der Waals surface area contributed by atoms with Gasteiger partial charge in [0, 0.05) is 18.4 Å². The summed E-state index contributed by atoms with van der Waals surface area (Å²) in [5, 5.41) is 4.50. The SMILES string of the molecule is CCOC(=O)c1ccc(NC(=O)CCCN2c3cccc4cccc(c34)S2(=O)=O)c(Cl)c1. The molecule has 3 aromatic rings. The molecule has 4 rings (SSSR count). The van der Waals surface area contributed by atoms with Gasteiger partial charge in [0.2, 0.25) is 5.91 Å². The van der Waals surface area contributed by atoms with Crippen molar-refractivity contribution >= 4 is 55.6 Å². The van der Waals surface area contributed by atoms with Crippen LogP contribution < -0.4 is 9.62 Å². The van der Waals surface area contributed by atoms with Gasteiger partial charge >= 0.3 is 5.97 Å². The van der Waals surface area contributed by atoms with Crippen molar-refractivity contribution in [3.05, 3.63) is 65.2 Å². The van der Waals surface area contributed by atoms with Crippen LogP contribution in [0.15, 0.2) is 59.5 Å². The van der Waals surface area contributed by atoms with E-state index in [9.17, 15) is 18.0 Å². The van der Waals surface area contributed by atoms with Crippen molar-refractivity contribution in [2.45, 2.75) is 24.7 Å². The molecule has 0 saturated carbocycles. The van der Waals surface area contributed by atoms with Crippen LogP contribution in [0, 0.1) is 0 Å². The van der Waals surface area contributed by atoms with Gasteiger partial charge in [-0.1, -0.05) is 35.9 Å². The van der Waals surface area contributed by atoms with Crippen molar-refractivity contribution in [2.24, 2.45) is 0 Å². The van der Waals surface area contributed by atoms with Crippen LogP contribution in [0.3, 0.4) is 0 Å². The topological polar surface area (TPSA) is 92.8 Å². The number of carbonyl (C=O) groups excluding carboxylic acids is 2. The van der Waals surface area contributed by atoms with Gasteiger partial charge in [0.1, 0.15) is 0 Å². The summed E-state index contributed by atoms with van der Waals surface area (Å²) in [7, 11) is -3.64. The third kappa shape index (κ3) is 4.03. The zero-order valence-corrected chi connectivity index (χ0v) is 18.9. The van der Waals surface area contributed by atoms with Crippen molar-refractivity contribution in [1.82, 2.24) is 0 Å². The predicted octanol–water partition coefficient (Wildman–Crippen LogP) is 4.60. The largest absolute Gasteiger partial charge is 0.462 e. The van der Waals surface area contributed by atoms with E-state index in [0.717, 1.165) is 5.39 Å². The first-order chi connectivity index (χ1) is 15.3. The average molecular weight is 473 g/mol. The number of amides is 1. The molecular weight excluding hydrogens is 452 g/mol. The maximum Gasteiger partial charge on any atom is 0.338 e. The molecule has 9 heteroatoms. The summed E-state index contributed by atoms with van der Waals surface area (Å²) in [6.07, 6.45) is 0.433. The van der Waals surface area contributed by atoms with E-state index < -0.39 is 16.0 Å². The summed E-state index contributed by atoms with van der Waals surface area (Å²) in [6.45, 7) is 2.14. The van der Waals surface area contributed by atoms with E-state index in [2.05, 4.69) is 5.32 Å². The van der Waals surface area contributed by atoms with Crippen LogP contribution in [-0.4, -0.2) is 33.4 Å². The summed E-state index contributed by atoms with van der Waals surface area (Å²) in [4.78, 5) is 24.5. The highest BCUT2D eigenvalue weighted by atomic mass is 35.5. The minimum absolute atomic E-state index is 0.105. The molecular formula is C23H21ClN2O5S. The fourth-order valence-corrected chi connectivity index (χ4v) is 5.73. The number of sulfonamides is 1. The Kier molecular flexibility index (Phi) is 6.08. The summed E-state index contributed by atoms with van der Waals surface area (Å²) in [5.74, 6) is -0.793. The van der Waals surface area contributed by atoms with Crippen LogP contribution in [0.1, 0.15) is 30.1 Å². The second kappa shape index (κ2) is 8.80. The number of halogens is 1. The Labute approximate surface area is 191 Å².